The van der Waals surface area contributed by atoms with Crippen molar-refractivity contribution in [2.75, 3.05) is 6.61 Å². The topological polar surface area (TPSA) is 58.8 Å². The minimum absolute atomic E-state index is 0.403. The zero-order chi connectivity index (χ0) is 15.5. The minimum Gasteiger partial charge on any atom is -0.476 e. The lowest BCUT2D eigenvalue weighted by Gasteiger charge is -2.11. The molecule has 0 aliphatic rings. The van der Waals surface area contributed by atoms with Crippen molar-refractivity contribution in [2.45, 2.75) is 72.1 Å². The van der Waals surface area contributed by atoms with Gasteiger partial charge in [0.1, 0.15) is 11.6 Å². The highest BCUT2D eigenvalue weighted by molar-refractivity contribution is 5.46. The molecule has 4 nitrogen and oxygen atoms in total. The summed E-state index contributed by atoms with van der Waals surface area (Å²) >= 11 is 0. The van der Waals surface area contributed by atoms with Crippen LogP contribution in [0.15, 0.2) is 0 Å². The Balaban J connectivity index is 2.54. The summed E-state index contributed by atoms with van der Waals surface area (Å²) in [5.41, 5.74) is 2.45. The number of ether oxygens (including phenoxy) is 1. The predicted octanol–water partition coefficient (Wildman–Crippen LogP) is 4.21. The largest absolute Gasteiger partial charge is 0.476 e. The minimum atomic E-state index is 0.403. The Morgan fingerprint density at radius 1 is 0.952 bits per heavy atom. The Morgan fingerprint density at radius 3 is 2.29 bits per heavy atom. The van der Waals surface area contributed by atoms with Crippen LogP contribution in [-0.2, 0) is 12.8 Å². The van der Waals surface area contributed by atoms with E-state index in [-0.39, 0.29) is 0 Å². The maximum atomic E-state index is 9.35. The average Bonchev–Trinajstić information content (AvgIpc) is 2.52. The highest BCUT2D eigenvalue weighted by Gasteiger charge is 2.15. The molecule has 0 unspecified atom stereocenters. The molecule has 0 spiro atoms. The Bertz CT molecular complexity index is 466. The fourth-order valence-electron chi connectivity index (χ4n) is 2.42. The molecule has 1 heterocycles. The standard InChI is InChI=1S/C17H27N3O/c1-4-7-8-9-10-11-12-21-17-15(13-18)14(5-2)16(6-3)19-20-17/h4-12H2,1-3H3. The van der Waals surface area contributed by atoms with Gasteiger partial charge in [0.25, 0.3) is 5.88 Å². The third kappa shape index (κ3) is 5.34. The van der Waals surface area contributed by atoms with Crippen LogP contribution in [0, 0.1) is 11.3 Å². The molecule has 21 heavy (non-hydrogen) atoms. The van der Waals surface area contributed by atoms with Crippen molar-refractivity contribution >= 4 is 0 Å². The summed E-state index contributed by atoms with van der Waals surface area (Å²) in [6.45, 7) is 6.90. The van der Waals surface area contributed by atoms with E-state index in [1.165, 1.54) is 32.1 Å². The first kappa shape index (κ1) is 17.4. The summed E-state index contributed by atoms with van der Waals surface area (Å²) in [5.74, 6) is 0.403. The summed E-state index contributed by atoms with van der Waals surface area (Å²) in [4.78, 5) is 0. The fraction of sp³-hybridized carbons (Fsp3) is 0.706. The molecule has 0 fully saturated rings. The zero-order valence-electron chi connectivity index (χ0n) is 13.6. The molecule has 0 N–H and O–H groups in total. The summed E-state index contributed by atoms with van der Waals surface area (Å²) in [5, 5.41) is 17.6. The van der Waals surface area contributed by atoms with Crippen molar-refractivity contribution in [3.63, 3.8) is 0 Å². The number of nitrogens with zero attached hydrogens (tertiary/aromatic N) is 3. The first-order valence-electron chi connectivity index (χ1n) is 8.19. The first-order valence-corrected chi connectivity index (χ1v) is 8.19. The highest BCUT2D eigenvalue weighted by Crippen LogP contribution is 2.22. The van der Waals surface area contributed by atoms with E-state index in [0.29, 0.717) is 18.1 Å². The van der Waals surface area contributed by atoms with Crippen LogP contribution >= 0.6 is 0 Å². The zero-order valence-corrected chi connectivity index (χ0v) is 13.6. The van der Waals surface area contributed by atoms with E-state index in [1.807, 2.05) is 13.8 Å². The van der Waals surface area contributed by atoms with E-state index in [0.717, 1.165) is 30.5 Å². The van der Waals surface area contributed by atoms with Gasteiger partial charge in [0.05, 0.1) is 12.3 Å². The van der Waals surface area contributed by atoms with Crippen molar-refractivity contribution in [3.8, 4) is 11.9 Å². The molecule has 0 saturated heterocycles. The van der Waals surface area contributed by atoms with E-state index < -0.39 is 0 Å². The Morgan fingerprint density at radius 2 is 1.67 bits per heavy atom. The molecule has 0 bridgehead atoms. The van der Waals surface area contributed by atoms with Gasteiger partial charge in [-0.05, 0) is 24.8 Å². The van der Waals surface area contributed by atoms with E-state index in [9.17, 15) is 5.26 Å². The second-order valence-corrected chi connectivity index (χ2v) is 5.24. The number of hydrogen-bond donors (Lipinski definition) is 0. The third-order valence-electron chi connectivity index (χ3n) is 3.66. The molecular formula is C17H27N3O. The van der Waals surface area contributed by atoms with Gasteiger partial charge in [-0.25, -0.2) is 0 Å². The quantitative estimate of drug-likeness (QED) is 0.605. The highest BCUT2D eigenvalue weighted by atomic mass is 16.5. The molecule has 1 aromatic heterocycles. The fourth-order valence-corrected chi connectivity index (χ4v) is 2.42. The molecule has 116 valence electrons. The van der Waals surface area contributed by atoms with Crippen molar-refractivity contribution in [3.05, 3.63) is 16.8 Å². The SMILES string of the molecule is CCCCCCCCOc1nnc(CC)c(CC)c1C#N. The molecule has 1 aromatic rings. The van der Waals surface area contributed by atoms with E-state index >= 15 is 0 Å². The second kappa shape index (κ2) is 10.1. The molecule has 0 aromatic carbocycles. The second-order valence-electron chi connectivity index (χ2n) is 5.24. The smallest absolute Gasteiger partial charge is 0.251 e. The van der Waals surface area contributed by atoms with Crippen LogP contribution in [0.1, 0.15) is 76.1 Å². The Kier molecular flexibility index (Phi) is 8.42. The Hall–Kier alpha value is -1.63. The number of nitriles is 1. The van der Waals surface area contributed by atoms with Gasteiger partial charge in [0, 0.05) is 0 Å². The number of aromatic nitrogens is 2. The third-order valence-corrected chi connectivity index (χ3v) is 3.66. The number of unbranched alkanes of at least 4 members (excludes halogenated alkanes) is 5. The lowest BCUT2D eigenvalue weighted by atomic mass is 10.0. The van der Waals surface area contributed by atoms with Gasteiger partial charge in [-0.15, -0.1) is 5.10 Å². The molecule has 1 rings (SSSR count). The van der Waals surface area contributed by atoms with Gasteiger partial charge in [-0.1, -0.05) is 52.9 Å². The summed E-state index contributed by atoms with van der Waals surface area (Å²) in [6.07, 6.45) is 8.88. The molecule has 0 aliphatic carbocycles. The van der Waals surface area contributed by atoms with Crippen LogP contribution < -0.4 is 4.74 Å². The van der Waals surface area contributed by atoms with Crippen molar-refractivity contribution < 1.29 is 4.74 Å². The molecular weight excluding hydrogens is 262 g/mol. The number of hydrogen-bond acceptors (Lipinski definition) is 4. The first-order chi connectivity index (χ1) is 10.3. The van der Waals surface area contributed by atoms with E-state index in [4.69, 9.17) is 4.74 Å². The van der Waals surface area contributed by atoms with Gasteiger partial charge in [-0.2, -0.15) is 10.4 Å². The van der Waals surface area contributed by atoms with Gasteiger partial charge in [-0.3, -0.25) is 0 Å². The molecule has 0 atom stereocenters. The molecule has 0 aliphatic heterocycles. The maximum Gasteiger partial charge on any atom is 0.251 e. The van der Waals surface area contributed by atoms with Crippen LogP contribution in [0.5, 0.6) is 5.88 Å². The van der Waals surface area contributed by atoms with Crippen molar-refractivity contribution in [1.82, 2.24) is 10.2 Å². The average molecular weight is 289 g/mol. The summed E-state index contributed by atoms with van der Waals surface area (Å²) in [7, 11) is 0. The monoisotopic (exact) mass is 289 g/mol. The van der Waals surface area contributed by atoms with Crippen LogP contribution in [0.4, 0.5) is 0 Å². The lowest BCUT2D eigenvalue weighted by molar-refractivity contribution is 0.288. The predicted molar refractivity (Wildman–Crippen MR) is 84.4 cm³/mol. The van der Waals surface area contributed by atoms with Crippen molar-refractivity contribution in [1.29, 1.82) is 5.26 Å². The summed E-state index contributed by atoms with van der Waals surface area (Å²) in [6, 6.07) is 2.23. The molecule has 0 radical (unpaired) electrons. The van der Waals surface area contributed by atoms with Gasteiger partial charge in [0.2, 0.25) is 0 Å². The van der Waals surface area contributed by atoms with Crippen LogP contribution in [0.2, 0.25) is 0 Å². The molecule has 0 saturated carbocycles. The van der Waals surface area contributed by atoms with Crippen LogP contribution in [0.3, 0.4) is 0 Å². The van der Waals surface area contributed by atoms with Gasteiger partial charge >= 0.3 is 0 Å². The van der Waals surface area contributed by atoms with Crippen LogP contribution in [0.25, 0.3) is 0 Å². The number of aryl methyl sites for hydroxylation is 1. The molecule has 0 amide bonds. The molecule has 4 heteroatoms. The van der Waals surface area contributed by atoms with Crippen molar-refractivity contribution in [2.24, 2.45) is 0 Å². The number of rotatable bonds is 10. The van der Waals surface area contributed by atoms with Gasteiger partial charge < -0.3 is 4.74 Å². The normalized spacial score (nSPS) is 10.4. The summed E-state index contributed by atoms with van der Waals surface area (Å²) < 4.78 is 5.68. The van der Waals surface area contributed by atoms with Crippen LogP contribution in [-0.4, -0.2) is 16.8 Å². The van der Waals surface area contributed by atoms with Gasteiger partial charge in [0.15, 0.2) is 0 Å². The van der Waals surface area contributed by atoms with E-state index in [2.05, 4.69) is 23.2 Å². The maximum absolute atomic E-state index is 9.35. The lowest BCUT2D eigenvalue weighted by Crippen LogP contribution is -2.08. The van der Waals surface area contributed by atoms with E-state index in [1.54, 1.807) is 0 Å². The Labute approximate surface area is 128 Å².